The Bertz CT molecular complexity index is 616. The van der Waals surface area contributed by atoms with Crippen molar-refractivity contribution in [2.24, 2.45) is 0 Å². The second-order valence-corrected chi connectivity index (χ2v) is 5.91. The van der Waals surface area contributed by atoms with E-state index < -0.39 is 0 Å². The average Bonchev–Trinajstić information content (AvgIpc) is 2.49. The summed E-state index contributed by atoms with van der Waals surface area (Å²) < 4.78 is 24.4. The summed E-state index contributed by atoms with van der Waals surface area (Å²) in [6.07, 6.45) is 0.572. The van der Waals surface area contributed by atoms with Gasteiger partial charge in [-0.3, -0.25) is 0 Å². The van der Waals surface area contributed by atoms with E-state index in [1.807, 2.05) is 12.1 Å². The predicted molar refractivity (Wildman–Crippen MR) is 85.9 cm³/mol. The first kappa shape index (κ1) is 16.1. The molecule has 0 radical (unpaired) electrons. The van der Waals surface area contributed by atoms with Gasteiger partial charge in [0.05, 0.1) is 24.1 Å². The Morgan fingerprint density at radius 1 is 1.10 bits per heavy atom. The highest BCUT2D eigenvalue weighted by molar-refractivity contribution is 9.10. The van der Waals surface area contributed by atoms with Crippen molar-refractivity contribution in [1.82, 2.24) is 0 Å². The van der Waals surface area contributed by atoms with Crippen LogP contribution >= 0.6 is 27.5 Å². The molecular weight excluding hydrogens is 359 g/mol. The second kappa shape index (κ2) is 7.14. The minimum absolute atomic E-state index is 0.257. The molecule has 0 saturated heterocycles. The van der Waals surface area contributed by atoms with Crippen LogP contribution in [-0.4, -0.2) is 14.2 Å². The van der Waals surface area contributed by atoms with E-state index >= 15 is 0 Å². The summed E-state index contributed by atoms with van der Waals surface area (Å²) in [6.45, 7) is 0. The molecule has 0 heterocycles. The van der Waals surface area contributed by atoms with Crippen LogP contribution in [0.15, 0.2) is 40.9 Å². The van der Waals surface area contributed by atoms with Gasteiger partial charge in [-0.2, -0.15) is 0 Å². The van der Waals surface area contributed by atoms with Crippen LogP contribution in [0.1, 0.15) is 16.5 Å². The van der Waals surface area contributed by atoms with Crippen LogP contribution < -0.4 is 9.47 Å². The highest BCUT2D eigenvalue weighted by Gasteiger charge is 2.17. The van der Waals surface area contributed by atoms with Crippen LogP contribution in [0.3, 0.4) is 0 Å². The zero-order chi connectivity index (χ0) is 15.4. The van der Waals surface area contributed by atoms with Gasteiger partial charge >= 0.3 is 0 Å². The highest BCUT2D eigenvalue weighted by atomic mass is 79.9. The molecule has 0 aliphatic heterocycles. The van der Waals surface area contributed by atoms with Gasteiger partial charge in [-0.1, -0.05) is 12.1 Å². The maximum Gasteiger partial charge on any atom is 0.133 e. The molecule has 0 fully saturated rings. The van der Waals surface area contributed by atoms with Gasteiger partial charge in [0, 0.05) is 5.56 Å². The van der Waals surface area contributed by atoms with Gasteiger partial charge in [0.15, 0.2) is 0 Å². The lowest BCUT2D eigenvalue weighted by atomic mass is 10.0. The summed E-state index contributed by atoms with van der Waals surface area (Å²) in [5.41, 5.74) is 1.80. The number of rotatable bonds is 5. The molecule has 0 spiro atoms. The summed E-state index contributed by atoms with van der Waals surface area (Å²) in [4.78, 5) is 0. The fraction of sp³-hybridized carbons (Fsp3) is 0.250. The van der Waals surface area contributed by atoms with Crippen LogP contribution in [-0.2, 0) is 6.42 Å². The zero-order valence-electron chi connectivity index (χ0n) is 11.7. The average molecular weight is 374 g/mol. The number of benzene rings is 2. The van der Waals surface area contributed by atoms with Crippen molar-refractivity contribution >= 4 is 27.5 Å². The minimum atomic E-state index is -0.299. The second-order valence-electron chi connectivity index (χ2n) is 4.53. The maximum absolute atomic E-state index is 12.9. The van der Waals surface area contributed by atoms with Crippen molar-refractivity contribution in [2.45, 2.75) is 11.8 Å². The fourth-order valence-electron chi connectivity index (χ4n) is 2.07. The number of methoxy groups -OCH3 is 2. The van der Waals surface area contributed by atoms with Crippen LogP contribution in [0.25, 0.3) is 0 Å². The molecule has 2 aromatic carbocycles. The van der Waals surface area contributed by atoms with Gasteiger partial charge in [0.1, 0.15) is 17.3 Å². The quantitative estimate of drug-likeness (QED) is 0.677. The predicted octanol–water partition coefficient (Wildman–Crippen LogP) is 5.13. The third kappa shape index (κ3) is 3.89. The fourth-order valence-corrected chi connectivity index (χ4v) is 2.90. The molecule has 2 rings (SSSR count). The number of alkyl halides is 1. The lowest BCUT2D eigenvalue weighted by Gasteiger charge is -2.16. The van der Waals surface area contributed by atoms with Gasteiger partial charge in [0.25, 0.3) is 0 Å². The molecule has 2 aromatic rings. The molecule has 0 aliphatic rings. The van der Waals surface area contributed by atoms with E-state index in [1.165, 1.54) is 12.1 Å². The topological polar surface area (TPSA) is 18.5 Å². The molecule has 112 valence electrons. The van der Waals surface area contributed by atoms with Gasteiger partial charge in [-0.25, -0.2) is 4.39 Å². The molecule has 21 heavy (non-hydrogen) atoms. The molecule has 0 N–H and O–H groups in total. The summed E-state index contributed by atoms with van der Waals surface area (Å²) in [6, 6.07) is 10.00. The van der Waals surface area contributed by atoms with Crippen molar-refractivity contribution < 1.29 is 13.9 Å². The number of hydrogen-bond donors (Lipinski definition) is 0. The molecule has 2 nitrogen and oxygen atoms in total. The van der Waals surface area contributed by atoms with Gasteiger partial charge in [-0.05, 0) is 52.2 Å². The lowest BCUT2D eigenvalue weighted by Crippen LogP contribution is -2.01. The maximum atomic E-state index is 12.9. The van der Waals surface area contributed by atoms with Crippen LogP contribution in [0.2, 0.25) is 0 Å². The summed E-state index contributed by atoms with van der Waals surface area (Å²) >= 11 is 9.92. The SMILES string of the molecule is COc1cc(C(Cl)Cc2ccc(F)cc2)c(OC)cc1Br. The zero-order valence-corrected chi connectivity index (χ0v) is 14.0. The van der Waals surface area contributed by atoms with Crippen molar-refractivity contribution in [3.8, 4) is 11.5 Å². The smallest absolute Gasteiger partial charge is 0.133 e. The standard InChI is InChI=1S/C16H15BrClFO2/c1-20-15-9-13(17)16(21-2)8-12(15)14(18)7-10-3-5-11(19)6-4-10/h3-6,8-9,14H,7H2,1-2H3. The van der Waals surface area contributed by atoms with E-state index in [4.69, 9.17) is 21.1 Å². The molecule has 0 amide bonds. The summed E-state index contributed by atoms with van der Waals surface area (Å²) in [5, 5.41) is -0.299. The van der Waals surface area contributed by atoms with E-state index in [-0.39, 0.29) is 11.2 Å². The van der Waals surface area contributed by atoms with E-state index in [9.17, 15) is 4.39 Å². The van der Waals surface area contributed by atoms with Crippen LogP contribution in [0, 0.1) is 5.82 Å². The van der Waals surface area contributed by atoms with Crippen molar-refractivity contribution in [1.29, 1.82) is 0 Å². The molecular formula is C16H15BrClFO2. The van der Waals surface area contributed by atoms with Crippen molar-refractivity contribution in [3.05, 3.63) is 57.8 Å². The Balaban J connectivity index is 2.29. The molecule has 0 saturated carbocycles. The van der Waals surface area contributed by atoms with Crippen molar-refractivity contribution in [3.63, 3.8) is 0 Å². The van der Waals surface area contributed by atoms with Gasteiger partial charge in [0.2, 0.25) is 0 Å². The first-order chi connectivity index (χ1) is 10.0. The molecule has 1 unspecified atom stereocenters. The van der Waals surface area contributed by atoms with E-state index in [0.29, 0.717) is 17.9 Å². The monoisotopic (exact) mass is 372 g/mol. The molecule has 5 heteroatoms. The Morgan fingerprint density at radius 3 is 2.29 bits per heavy atom. The number of halogens is 3. The van der Waals surface area contributed by atoms with E-state index in [2.05, 4.69) is 15.9 Å². The Labute approximate surface area is 137 Å². The first-order valence-corrected chi connectivity index (χ1v) is 7.58. The van der Waals surface area contributed by atoms with E-state index in [0.717, 1.165) is 15.6 Å². The number of ether oxygens (including phenoxy) is 2. The normalized spacial score (nSPS) is 12.0. The Hall–Kier alpha value is -1.26. The van der Waals surface area contributed by atoms with Crippen LogP contribution in [0.5, 0.6) is 11.5 Å². The number of hydrogen-bond acceptors (Lipinski definition) is 2. The molecule has 1 atom stereocenters. The summed E-state index contributed by atoms with van der Waals surface area (Å²) in [5.74, 6) is 1.12. The third-order valence-electron chi connectivity index (χ3n) is 3.17. The largest absolute Gasteiger partial charge is 0.496 e. The molecule has 0 bridgehead atoms. The van der Waals surface area contributed by atoms with Gasteiger partial charge < -0.3 is 9.47 Å². The van der Waals surface area contributed by atoms with Gasteiger partial charge in [-0.15, -0.1) is 11.6 Å². The summed E-state index contributed by atoms with van der Waals surface area (Å²) in [7, 11) is 3.19. The van der Waals surface area contributed by atoms with E-state index in [1.54, 1.807) is 26.4 Å². The third-order valence-corrected chi connectivity index (χ3v) is 4.18. The van der Waals surface area contributed by atoms with Crippen molar-refractivity contribution in [2.75, 3.05) is 14.2 Å². The first-order valence-electron chi connectivity index (χ1n) is 6.35. The highest BCUT2D eigenvalue weighted by Crippen LogP contribution is 2.39. The molecule has 0 aromatic heterocycles. The lowest BCUT2D eigenvalue weighted by molar-refractivity contribution is 0.396. The molecule has 0 aliphatic carbocycles. The van der Waals surface area contributed by atoms with Crippen LogP contribution in [0.4, 0.5) is 4.39 Å². The Morgan fingerprint density at radius 2 is 1.71 bits per heavy atom. The minimum Gasteiger partial charge on any atom is -0.496 e. The Kier molecular flexibility index (Phi) is 5.48.